The van der Waals surface area contributed by atoms with Crippen LogP contribution in [0.15, 0.2) is 54.6 Å². The number of rotatable bonds is 4. The Morgan fingerprint density at radius 2 is 1.85 bits per heavy atom. The maximum Gasteiger partial charge on any atom is 0.471 e. The smallest absolute Gasteiger partial charge is 0.348 e. The minimum atomic E-state index is -4.87. The fourth-order valence-corrected chi connectivity index (χ4v) is 4.60. The molecule has 0 atom stereocenters. The van der Waals surface area contributed by atoms with E-state index in [2.05, 4.69) is 11.0 Å². The summed E-state index contributed by atoms with van der Waals surface area (Å²) in [6.45, 7) is -0.0532. The minimum Gasteiger partial charge on any atom is -0.348 e. The fraction of sp³-hybridized carbons (Fsp3) is 0.200. The predicted octanol–water partition coefficient (Wildman–Crippen LogP) is 6.40. The number of pyridine rings is 1. The standard InChI is InChI=1S/C25H19ClF3N3O/c1-32-20-13-15(26)8-9-17(20)23-22-18(16-6-2-3-7-19(16)31-23)11-14(12-21(22)32)5-4-10-30-24(33)25(27,28)29/h2-3,6-9,11-13H,4-5,10H2,1H3,(H,30,33). The molecule has 4 aromatic rings. The van der Waals surface area contributed by atoms with Gasteiger partial charge in [-0.05, 0) is 54.1 Å². The molecule has 5 rings (SSSR count). The summed E-state index contributed by atoms with van der Waals surface area (Å²) in [5, 5.41) is 5.63. The van der Waals surface area contributed by atoms with Gasteiger partial charge in [-0.2, -0.15) is 13.2 Å². The van der Waals surface area contributed by atoms with Crippen LogP contribution in [0.5, 0.6) is 0 Å². The van der Waals surface area contributed by atoms with Crippen molar-refractivity contribution < 1.29 is 18.0 Å². The van der Waals surface area contributed by atoms with Crippen LogP contribution < -0.4 is 10.2 Å². The van der Waals surface area contributed by atoms with Crippen molar-refractivity contribution in [1.82, 2.24) is 10.3 Å². The van der Waals surface area contributed by atoms with Gasteiger partial charge >= 0.3 is 12.1 Å². The zero-order valence-electron chi connectivity index (χ0n) is 17.6. The molecule has 1 aromatic heterocycles. The monoisotopic (exact) mass is 469 g/mol. The number of alkyl halides is 3. The highest BCUT2D eigenvalue weighted by Gasteiger charge is 2.38. The maximum absolute atomic E-state index is 12.4. The molecular formula is C25H19ClF3N3O. The summed E-state index contributed by atoms with van der Waals surface area (Å²) in [6, 6.07) is 17.8. The van der Waals surface area contributed by atoms with Gasteiger partial charge in [-0.25, -0.2) is 4.98 Å². The van der Waals surface area contributed by atoms with Crippen LogP contribution in [0, 0.1) is 0 Å². The van der Waals surface area contributed by atoms with Gasteiger partial charge in [0, 0.05) is 35.0 Å². The summed E-state index contributed by atoms with van der Waals surface area (Å²) in [6.07, 6.45) is -3.97. The van der Waals surface area contributed by atoms with E-state index in [0.717, 1.165) is 49.9 Å². The number of benzene rings is 3. The summed E-state index contributed by atoms with van der Waals surface area (Å²) in [4.78, 5) is 18.1. The molecule has 0 fully saturated rings. The summed E-state index contributed by atoms with van der Waals surface area (Å²) < 4.78 is 37.3. The molecule has 0 saturated heterocycles. The normalized spacial score (nSPS) is 12.8. The quantitative estimate of drug-likeness (QED) is 0.278. The van der Waals surface area contributed by atoms with Crippen LogP contribution in [0.1, 0.15) is 12.0 Å². The van der Waals surface area contributed by atoms with E-state index in [0.29, 0.717) is 17.9 Å². The minimum absolute atomic E-state index is 0.0532. The summed E-state index contributed by atoms with van der Waals surface area (Å²) >= 11 is 6.28. The molecule has 0 aliphatic carbocycles. The third-order valence-electron chi connectivity index (χ3n) is 5.96. The van der Waals surface area contributed by atoms with Crippen LogP contribution in [0.2, 0.25) is 5.02 Å². The number of nitrogens with zero attached hydrogens (tertiary/aromatic N) is 2. The van der Waals surface area contributed by atoms with Gasteiger partial charge in [-0.3, -0.25) is 4.79 Å². The lowest BCUT2D eigenvalue weighted by Crippen LogP contribution is -2.37. The van der Waals surface area contributed by atoms with Gasteiger partial charge in [0.2, 0.25) is 0 Å². The summed E-state index contributed by atoms with van der Waals surface area (Å²) in [5.41, 5.74) is 5.61. The van der Waals surface area contributed by atoms with Crippen molar-refractivity contribution in [2.45, 2.75) is 19.0 Å². The van der Waals surface area contributed by atoms with Gasteiger partial charge in [-0.1, -0.05) is 35.9 Å². The van der Waals surface area contributed by atoms with Gasteiger partial charge in [0.15, 0.2) is 0 Å². The van der Waals surface area contributed by atoms with Gasteiger partial charge < -0.3 is 10.2 Å². The molecule has 8 heteroatoms. The number of carbonyl (C=O) groups is 1. The number of anilines is 2. The SMILES string of the molecule is CN1c2cc(Cl)ccc2-c2nc3ccccc3c3cc(CCCNC(=O)C(F)(F)F)cc1c23. The highest BCUT2D eigenvalue weighted by molar-refractivity contribution is 6.31. The third kappa shape index (κ3) is 3.76. The van der Waals surface area contributed by atoms with Crippen LogP contribution in [-0.4, -0.2) is 30.7 Å². The lowest BCUT2D eigenvalue weighted by molar-refractivity contribution is -0.173. The molecule has 0 saturated carbocycles. The van der Waals surface area contributed by atoms with E-state index in [1.54, 1.807) is 0 Å². The molecule has 0 unspecified atom stereocenters. The maximum atomic E-state index is 12.4. The molecular weight excluding hydrogens is 451 g/mol. The number of hydrogen-bond acceptors (Lipinski definition) is 3. The van der Waals surface area contributed by atoms with Crippen LogP contribution in [0.25, 0.3) is 32.9 Å². The van der Waals surface area contributed by atoms with E-state index >= 15 is 0 Å². The van der Waals surface area contributed by atoms with Crippen LogP contribution in [0.3, 0.4) is 0 Å². The lowest BCUT2D eigenvalue weighted by atomic mass is 9.91. The molecule has 1 N–H and O–H groups in total. The van der Waals surface area contributed by atoms with Crippen LogP contribution >= 0.6 is 11.6 Å². The van der Waals surface area contributed by atoms with Gasteiger partial charge in [0.1, 0.15) is 0 Å². The first-order valence-electron chi connectivity index (χ1n) is 10.5. The zero-order valence-corrected chi connectivity index (χ0v) is 18.4. The second-order valence-corrected chi connectivity index (χ2v) is 8.53. The van der Waals surface area contributed by atoms with E-state index in [1.807, 2.05) is 60.9 Å². The van der Waals surface area contributed by atoms with Gasteiger partial charge in [-0.15, -0.1) is 0 Å². The van der Waals surface area contributed by atoms with Crippen molar-refractivity contribution in [3.8, 4) is 11.3 Å². The van der Waals surface area contributed by atoms with E-state index in [-0.39, 0.29) is 6.54 Å². The number of aryl methyl sites for hydroxylation is 1. The first kappa shape index (κ1) is 21.5. The van der Waals surface area contributed by atoms with E-state index in [4.69, 9.17) is 16.6 Å². The molecule has 1 aliphatic heterocycles. The zero-order chi connectivity index (χ0) is 23.3. The Hall–Kier alpha value is -3.32. The van der Waals surface area contributed by atoms with Gasteiger partial charge in [0.25, 0.3) is 0 Å². The Bertz CT molecular complexity index is 1420. The molecule has 2 heterocycles. The molecule has 33 heavy (non-hydrogen) atoms. The number of aromatic nitrogens is 1. The largest absolute Gasteiger partial charge is 0.471 e. The lowest BCUT2D eigenvalue weighted by Gasteiger charge is -2.31. The van der Waals surface area contributed by atoms with Crippen molar-refractivity contribution in [3.63, 3.8) is 0 Å². The molecule has 3 aromatic carbocycles. The number of fused-ring (bicyclic) bond motifs is 4. The number of amides is 1. The van der Waals surface area contributed by atoms with E-state index in [1.165, 1.54) is 0 Å². The molecule has 1 aliphatic rings. The van der Waals surface area contributed by atoms with Crippen molar-refractivity contribution in [2.75, 3.05) is 18.5 Å². The topological polar surface area (TPSA) is 45.2 Å². The van der Waals surface area contributed by atoms with Gasteiger partial charge in [0.05, 0.1) is 22.6 Å². The van der Waals surface area contributed by atoms with Crippen molar-refractivity contribution >= 4 is 50.6 Å². The number of hydrogen-bond donors (Lipinski definition) is 1. The van der Waals surface area contributed by atoms with Crippen molar-refractivity contribution in [2.24, 2.45) is 0 Å². The molecule has 168 valence electrons. The molecule has 0 spiro atoms. The van der Waals surface area contributed by atoms with Crippen LogP contribution in [0.4, 0.5) is 24.5 Å². The van der Waals surface area contributed by atoms with Crippen LogP contribution in [-0.2, 0) is 11.2 Å². The average molecular weight is 470 g/mol. The summed E-state index contributed by atoms with van der Waals surface area (Å²) in [7, 11) is 1.97. The summed E-state index contributed by atoms with van der Waals surface area (Å²) in [5.74, 6) is -1.91. The first-order chi connectivity index (χ1) is 15.7. The first-order valence-corrected chi connectivity index (χ1v) is 10.9. The second kappa shape index (κ2) is 7.92. The average Bonchev–Trinajstić information content (AvgIpc) is 2.79. The molecule has 0 radical (unpaired) electrons. The Labute approximate surface area is 193 Å². The molecule has 1 amide bonds. The Kier molecular flexibility index (Phi) is 5.16. The van der Waals surface area contributed by atoms with Crippen molar-refractivity contribution in [3.05, 3.63) is 65.2 Å². The third-order valence-corrected chi connectivity index (χ3v) is 6.20. The second-order valence-electron chi connectivity index (χ2n) is 8.09. The fourth-order valence-electron chi connectivity index (χ4n) is 4.43. The highest BCUT2D eigenvalue weighted by Crippen LogP contribution is 2.48. The number of para-hydroxylation sites is 1. The highest BCUT2D eigenvalue weighted by atomic mass is 35.5. The Morgan fingerprint density at radius 1 is 1.06 bits per heavy atom. The number of nitrogens with one attached hydrogen (secondary N) is 1. The van der Waals surface area contributed by atoms with E-state index in [9.17, 15) is 18.0 Å². The predicted molar refractivity (Wildman–Crippen MR) is 125 cm³/mol. The van der Waals surface area contributed by atoms with Crippen molar-refractivity contribution in [1.29, 1.82) is 0 Å². The Balaban J connectivity index is 1.59. The Morgan fingerprint density at radius 3 is 2.64 bits per heavy atom. The number of carbonyl (C=O) groups excluding carboxylic acids is 1. The van der Waals surface area contributed by atoms with E-state index < -0.39 is 12.1 Å². The molecule has 0 bridgehead atoms. The number of halogens is 4. The molecule has 4 nitrogen and oxygen atoms in total.